The maximum Gasteiger partial charge on any atom is 0.00954 e. The van der Waals surface area contributed by atoms with Gasteiger partial charge in [0.05, 0.1) is 0 Å². The van der Waals surface area contributed by atoms with Gasteiger partial charge in [-0.05, 0) is 44.1 Å². The summed E-state index contributed by atoms with van der Waals surface area (Å²) in [6, 6.07) is 0.822. The van der Waals surface area contributed by atoms with Crippen LogP contribution in [-0.4, -0.2) is 12.6 Å². The van der Waals surface area contributed by atoms with Crippen LogP contribution in [0.3, 0.4) is 0 Å². The standard InChI is InChI=1S/C16H33N/c1-4-6-7-8-9-10-15-13-14(3)11-12-16(15)17-5-2/h14-17H,4-13H2,1-3H3. The molecule has 0 spiro atoms. The molecule has 1 N–H and O–H groups in total. The SMILES string of the molecule is CCCCCCCC1CC(C)CCC1NCC. The lowest BCUT2D eigenvalue weighted by molar-refractivity contribution is 0.201. The molecule has 0 saturated heterocycles. The summed E-state index contributed by atoms with van der Waals surface area (Å²) in [4.78, 5) is 0. The molecule has 1 nitrogen and oxygen atoms in total. The molecule has 3 atom stereocenters. The number of hydrogen-bond acceptors (Lipinski definition) is 1. The first-order chi connectivity index (χ1) is 8.27. The third-order valence-corrected chi connectivity index (χ3v) is 4.39. The average molecular weight is 239 g/mol. The maximum atomic E-state index is 3.71. The van der Waals surface area contributed by atoms with E-state index in [2.05, 4.69) is 26.1 Å². The Balaban J connectivity index is 2.21. The zero-order chi connectivity index (χ0) is 12.5. The van der Waals surface area contributed by atoms with Gasteiger partial charge in [0.15, 0.2) is 0 Å². The van der Waals surface area contributed by atoms with Crippen molar-refractivity contribution in [3.8, 4) is 0 Å². The topological polar surface area (TPSA) is 12.0 Å². The molecule has 0 radical (unpaired) electrons. The number of rotatable bonds is 8. The predicted octanol–water partition coefficient (Wildman–Crippen LogP) is 4.76. The van der Waals surface area contributed by atoms with Gasteiger partial charge in [-0.3, -0.25) is 0 Å². The largest absolute Gasteiger partial charge is 0.314 e. The van der Waals surface area contributed by atoms with Crippen LogP contribution in [-0.2, 0) is 0 Å². The minimum atomic E-state index is 0.822. The first-order valence-electron chi connectivity index (χ1n) is 8.01. The van der Waals surface area contributed by atoms with Gasteiger partial charge in [0.25, 0.3) is 0 Å². The molecule has 0 aliphatic heterocycles. The van der Waals surface area contributed by atoms with Gasteiger partial charge in [-0.2, -0.15) is 0 Å². The van der Waals surface area contributed by atoms with Gasteiger partial charge in [0.1, 0.15) is 0 Å². The molecule has 0 heterocycles. The van der Waals surface area contributed by atoms with Crippen LogP contribution < -0.4 is 5.32 Å². The lowest BCUT2D eigenvalue weighted by Crippen LogP contribution is -2.40. The molecule has 0 aromatic heterocycles. The van der Waals surface area contributed by atoms with Crippen molar-refractivity contribution in [2.24, 2.45) is 11.8 Å². The van der Waals surface area contributed by atoms with Crippen LogP contribution in [0.2, 0.25) is 0 Å². The van der Waals surface area contributed by atoms with Crippen molar-refractivity contribution in [2.75, 3.05) is 6.54 Å². The van der Waals surface area contributed by atoms with E-state index in [1.807, 2.05) is 0 Å². The summed E-state index contributed by atoms with van der Waals surface area (Å²) in [7, 11) is 0. The fraction of sp³-hybridized carbons (Fsp3) is 1.00. The first kappa shape index (κ1) is 15.0. The summed E-state index contributed by atoms with van der Waals surface area (Å²) < 4.78 is 0. The molecule has 1 heteroatoms. The molecule has 3 unspecified atom stereocenters. The average Bonchev–Trinajstić information content (AvgIpc) is 2.32. The molecule has 102 valence electrons. The van der Waals surface area contributed by atoms with Crippen LogP contribution in [0.15, 0.2) is 0 Å². The molecule has 0 aromatic carbocycles. The first-order valence-corrected chi connectivity index (χ1v) is 8.01. The van der Waals surface area contributed by atoms with Gasteiger partial charge < -0.3 is 5.32 Å². The molecular weight excluding hydrogens is 206 g/mol. The highest BCUT2D eigenvalue weighted by atomic mass is 14.9. The van der Waals surface area contributed by atoms with Crippen LogP contribution in [0, 0.1) is 11.8 Å². The summed E-state index contributed by atoms with van der Waals surface area (Å²) in [5, 5.41) is 3.71. The van der Waals surface area contributed by atoms with Gasteiger partial charge in [-0.1, -0.05) is 52.9 Å². The monoisotopic (exact) mass is 239 g/mol. The van der Waals surface area contributed by atoms with E-state index in [0.717, 1.165) is 24.4 Å². The quantitative estimate of drug-likeness (QED) is 0.602. The van der Waals surface area contributed by atoms with Crippen molar-refractivity contribution in [3.05, 3.63) is 0 Å². The van der Waals surface area contributed by atoms with Gasteiger partial charge >= 0.3 is 0 Å². The molecule has 0 bridgehead atoms. The number of hydrogen-bond donors (Lipinski definition) is 1. The van der Waals surface area contributed by atoms with E-state index in [1.54, 1.807) is 0 Å². The number of nitrogens with one attached hydrogen (secondary N) is 1. The van der Waals surface area contributed by atoms with Gasteiger partial charge in [-0.25, -0.2) is 0 Å². The summed E-state index contributed by atoms with van der Waals surface area (Å²) in [6.07, 6.45) is 12.9. The van der Waals surface area contributed by atoms with E-state index in [9.17, 15) is 0 Å². The van der Waals surface area contributed by atoms with Crippen LogP contribution in [0.1, 0.15) is 78.6 Å². The minimum absolute atomic E-state index is 0.822. The third-order valence-electron chi connectivity index (χ3n) is 4.39. The summed E-state index contributed by atoms with van der Waals surface area (Å²) in [5.41, 5.74) is 0. The van der Waals surface area contributed by atoms with Crippen molar-refractivity contribution >= 4 is 0 Å². The van der Waals surface area contributed by atoms with Crippen LogP contribution in [0.4, 0.5) is 0 Å². The second kappa shape index (κ2) is 8.97. The van der Waals surface area contributed by atoms with Crippen molar-refractivity contribution < 1.29 is 0 Å². The van der Waals surface area contributed by atoms with Gasteiger partial charge in [-0.15, -0.1) is 0 Å². The molecule has 1 aliphatic carbocycles. The molecule has 1 aliphatic rings. The van der Waals surface area contributed by atoms with E-state index in [1.165, 1.54) is 57.8 Å². The van der Waals surface area contributed by atoms with Gasteiger partial charge in [0, 0.05) is 6.04 Å². The lowest BCUT2D eigenvalue weighted by Gasteiger charge is -2.35. The Hall–Kier alpha value is -0.0400. The van der Waals surface area contributed by atoms with Crippen molar-refractivity contribution in [3.63, 3.8) is 0 Å². The highest BCUT2D eigenvalue weighted by Gasteiger charge is 2.27. The molecule has 1 saturated carbocycles. The van der Waals surface area contributed by atoms with Crippen LogP contribution in [0.5, 0.6) is 0 Å². The van der Waals surface area contributed by atoms with E-state index >= 15 is 0 Å². The Bertz CT molecular complexity index is 178. The number of unbranched alkanes of at least 4 members (excludes halogenated alkanes) is 4. The minimum Gasteiger partial charge on any atom is -0.314 e. The summed E-state index contributed by atoms with van der Waals surface area (Å²) >= 11 is 0. The van der Waals surface area contributed by atoms with E-state index in [4.69, 9.17) is 0 Å². The molecule has 1 fully saturated rings. The second-order valence-electron chi connectivity index (χ2n) is 6.05. The smallest absolute Gasteiger partial charge is 0.00954 e. The Morgan fingerprint density at radius 2 is 1.76 bits per heavy atom. The third kappa shape index (κ3) is 5.90. The Labute approximate surface area is 109 Å². The normalized spacial score (nSPS) is 29.5. The van der Waals surface area contributed by atoms with Crippen molar-refractivity contribution in [2.45, 2.75) is 84.6 Å². The van der Waals surface area contributed by atoms with E-state index < -0.39 is 0 Å². The fourth-order valence-electron chi connectivity index (χ4n) is 3.36. The van der Waals surface area contributed by atoms with E-state index in [0.29, 0.717) is 0 Å². The highest BCUT2D eigenvalue weighted by molar-refractivity contribution is 4.83. The Kier molecular flexibility index (Phi) is 7.92. The summed E-state index contributed by atoms with van der Waals surface area (Å²) in [6.45, 7) is 8.12. The maximum absolute atomic E-state index is 3.71. The Morgan fingerprint density at radius 3 is 2.47 bits per heavy atom. The predicted molar refractivity (Wildman–Crippen MR) is 77.3 cm³/mol. The fourth-order valence-corrected chi connectivity index (χ4v) is 3.36. The molecule has 1 rings (SSSR count). The van der Waals surface area contributed by atoms with Crippen molar-refractivity contribution in [1.82, 2.24) is 5.32 Å². The highest BCUT2D eigenvalue weighted by Crippen LogP contribution is 2.32. The summed E-state index contributed by atoms with van der Waals surface area (Å²) in [5.74, 6) is 1.92. The zero-order valence-corrected chi connectivity index (χ0v) is 12.3. The van der Waals surface area contributed by atoms with Gasteiger partial charge in [0.2, 0.25) is 0 Å². The second-order valence-corrected chi connectivity index (χ2v) is 6.05. The Morgan fingerprint density at radius 1 is 1.00 bits per heavy atom. The molecular formula is C16H33N. The van der Waals surface area contributed by atoms with Crippen LogP contribution >= 0.6 is 0 Å². The molecule has 17 heavy (non-hydrogen) atoms. The lowest BCUT2D eigenvalue weighted by atomic mass is 9.76. The zero-order valence-electron chi connectivity index (χ0n) is 12.3. The van der Waals surface area contributed by atoms with E-state index in [-0.39, 0.29) is 0 Å². The van der Waals surface area contributed by atoms with Crippen molar-refractivity contribution in [1.29, 1.82) is 0 Å². The molecule has 0 aromatic rings. The van der Waals surface area contributed by atoms with Crippen LogP contribution in [0.25, 0.3) is 0 Å². The molecule has 0 amide bonds.